The first kappa shape index (κ1) is 16.2. The number of amides is 1. The number of carbonyl (C=O) groups excluding carboxylic acids is 1. The van der Waals surface area contributed by atoms with E-state index in [1.807, 2.05) is 25.1 Å². The monoisotopic (exact) mass is 351 g/mol. The Kier molecular flexibility index (Phi) is 4.08. The van der Waals surface area contributed by atoms with Crippen molar-refractivity contribution in [3.8, 4) is 11.5 Å². The molecule has 1 amide bonds. The van der Waals surface area contributed by atoms with Gasteiger partial charge >= 0.3 is 0 Å². The van der Waals surface area contributed by atoms with Crippen LogP contribution < -0.4 is 14.9 Å². The Morgan fingerprint density at radius 1 is 1.08 bits per heavy atom. The molecule has 0 N–H and O–H groups in total. The maximum atomic E-state index is 12.8. The Morgan fingerprint density at radius 2 is 1.88 bits per heavy atom. The zero-order valence-corrected chi connectivity index (χ0v) is 14.2. The number of benzene rings is 2. The smallest absolute Gasteiger partial charge is 0.290 e. The summed E-state index contributed by atoms with van der Waals surface area (Å²) >= 11 is 0. The van der Waals surface area contributed by atoms with Gasteiger partial charge in [-0.05, 0) is 36.8 Å². The van der Waals surface area contributed by atoms with Crippen molar-refractivity contribution in [1.82, 2.24) is 4.90 Å². The van der Waals surface area contributed by atoms with Gasteiger partial charge in [-0.3, -0.25) is 9.59 Å². The van der Waals surface area contributed by atoms with E-state index in [1.54, 1.807) is 29.2 Å². The van der Waals surface area contributed by atoms with Gasteiger partial charge < -0.3 is 18.8 Å². The minimum atomic E-state index is -0.326. The molecule has 0 radical (unpaired) electrons. The number of hydrogen-bond donors (Lipinski definition) is 0. The third-order valence-corrected chi connectivity index (χ3v) is 4.32. The lowest BCUT2D eigenvalue weighted by molar-refractivity contribution is 0.0721. The molecule has 6 heteroatoms. The molecule has 6 nitrogen and oxygen atoms in total. The average Bonchev–Trinajstić information content (AvgIpc) is 3.13. The fourth-order valence-electron chi connectivity index (χ4n) is 2.95. The summed E-state index contributed by atoms with van der Waals surface area (Å²) in [4.78, 5) is 26.7. The summed E-state index contributed by atoms with van der Waals surface area (Å²) in [5.74, 6) is 1.08. The van der Waals surface area contributed by atoms with Gasteiger partial charge in [-0.2, -0.15) is 0 Å². The van der Waals surface area contributed by atoms with Gasteiger partial charge in [-0.25, -0.2) is 0 Å². The summed E-state index contributed by atoms with van der Waals surface area (Å²) in [7, 11) is 0. The second-order valence-corrected chi connectivity index (χ2v) is 5.98. The number of fused-ring (bicyclic) bond motifs is 2. The van der Waals surface area contributed by atoms with Crippen LogP contribution in [0.25, 0.3) is 11.0 Å². The Bertz CT molecular complexity index is 1040. The molecule has 1 aliphatic heterocycles. The summed E-state index contributed by atoms with van der Waals surface area (Å²) in [5.41, 5.74) is 1.09. The van der Waals surface area contributed by atoms with Crippen LogP contribution in [0, 0.1) is 0 Å². The molecule has 26 heavy (non-hydrogen) atoms. The van der Waals surface area contributed by atoms with Gasteiger partial charge in [0, 0.05) is 19.2 Å². The van der Waals surface area contributed by atoms with Crippen molar-refractivity contribution in [2.75, 3.05) is 13.3 Å². The fraction of sp³-hybridized carbons (Fsp3) is 0.200. The lowest BCUT2D eigenvalue weighted by Crippen LogP contribution is -2.30. The minimum absolute atomic E-state index is 0.0382. The van der Waals surface area contributed by atoms with Gasteiger partial charge in [0.1, 0.15) is 5.58 Å². The van der Waals surface area contributed by atoms with E-state index < -0.39 is 0 Å². The first-order valence-corrected chi connectivity index (χ1v) is 8.36. The highest BCUT2D eigenvalue weighted by molar-refractivity contribution is 5.93. The maximum absolute atomic E-state index is 12.8. The zero-order chi connectivity index (χ0) is 18.1. The van der Waals surface area contributed by atoms with E-state index in [9.17, 15) is 9.59 Å². The summed E-state index contributed by atoms with van der Waals surface area (Å²) in [5, 5.41) is 0.461. The molecule has 0 aliphatic carbocycles. The van der Waals surface area contributed by atoms with E-state index in [2.05, 4.69) is 0 Å². The highest BCUT2D eigenvalue weighted by Gasteiger charge is 2.20. The van der Waals surface area contributed by atoms with Crippen LogP contribution in [0.15, 0.2) is 57.7 Å². The maximum Gasteiger partial charge on any atom is 0.290 e. The van der Waals surface area contributed by atoms with E-state index in [1.165, 1.54) is 6.07 Å². The summed E-state index contributed by atoms with van der Waals surface area (Å²) in [6.07, 6.45) is 0. The predicted octanol–water partition coefficient (Wildman–Crippen LogP) is 3.18. The molecular weight excluding hydrogens is 334 g/mol. The van der Waals surface area contributed by atoms with E-state index in [0.717, 1.165) is 5.56 Å². The number of carbonyl (C=O) groups is 1. The average molecular weight is 351 g/mol. The molecule has 4 rings (SSSR count). The molecular formula is C20H17NO5. The number of hydrogen-bond acceptors (Lipinski definition) is 5. The number of rotatable bonds is 4. The number of nitrogens with zero attached hydrogens (tertiary/aromatic N) is 1. The van der Waals surface area contributed by atoms with Crippen LogP contribution in [0.4, 0.5) is 0 Å². The molecule has 3 aromatic rings. The van der Waals surface area contributed by atoms with Crippen molar-refractivity contribution in [3.63, 3.8) is 0 Å². The van der Waals surface area contributed by atoms with E-state index >= 15 is 0 Å². The summed E-state index contributed by atoms with van der Waals surface area (Å²) in [6.45, 7) is 2.94. The molecule has 0 atom stereocenters. The van der Waals surface area contributed by atoms with Crippen molar-refractivity contribution < 1.29 is 18.7 Å². The van der Waals surface area contributed by atoms with E-state index in [-0.39, 0.29) is 23.9 Å². The molecule has 1 aromatic heterocycles. The van der Waals surface area contributed by atoms with Crippen molar-refractivity contribution in [2.45, 2.75) is 13.5 Å². The van der Waals surface area contributed by atoms with Crippen molar-refractivity contribution in [1.29, 1.82) is 0 Å². The Balaban J connectivity index is 1.62. The number of para-hydroxylation sites is 1. The minimum Gasteiger partial charge on any atom is -0.454 e. The molecule has 0 bridgehead atoms. The summed E-state index contributed by atoms with van der Waals surface area (Å²) < 4.78 is 16.3. The third-order valence-electron chi connectivity index (χ3n) is 4.32. The molecule has 2 aromatic carbocycles. The third kappa shape index (κ3) is 2.90. The fourth-order valence-corrected chi connectivity index (χ4v) is 2.95. The lowest BCUT2D eigenvalue weighted by Gasteiger charge is -2.20. The highest BCUT2D eigenvalue weighted by Crippen LogP contribution is 2.32. The molecule has 0 fully saturated rings. The molecule has 1 aliphatic rings. The van der Waals surface area contributed by atoms with E-state index in [0.29, 0.717) is 35.6 Å². The van der Waals surface area contributed by atoms with Crippen LogP contribution in [-0.4, -0.2) is 24.1 Å². The van der Waals surface area contributed by atoms with E-state index in [4.69, 9.17) is 13.9 Å². The van der Waals surface area contributed by atoms with Crippen LogP contribution in [0.2, 0.25) is 0 Å². The number of ether oxygens (including phenoxy) is 2. The molecule has 0 spiro atoms. The van der Waals surface area contributed by atoms with Crippen LogP contribution in [-0.2, 0) is 6.54 Å². The summed E-state index contributed by atoms with van der Waals surface area (Å²) in [6, 6.07) is 13.7. The first-order chi connectivity index (χ1) is 12.7. The van der Waals surface area contributed by atoms with Gasteiger partial charge in [-0.1, -0.05) is 18.2 Å². The molecule has 2 heterocycles. The molecule has 0 saturated heterocycles. The largest absolute Gasteiger partial charge is 0.454 e. The normalized spacial score (nSPS) is 12.3. The van der Waals surface area contributed by atoms with Crippen LogP contribution >= 0.6 is 0 Å². The SMILES string of the molecule is CCN(Cc1ccc2c(c1)OCO2)C(=O)c1cc(=O)c2ccccc2o1. The first-order valence-electron chi connectivity index (χ1n) is 8.36. The van der Waals surface area contributed by atoms with Crippen molar-refractivity contribution in [2.24, 2.45) is 0 Å². The molecule has 0 unspecified atom stereocenters. The Hall–Kier alpha value is -3.28. The van der Waals surface area contributed by atoms with Crippen molar-refractivity contribution in [3.05, 3.63) is 70.1 Å². The van der Waals surface area contributed by atoms with Gasteiger partial charge in [0.15, 0.2) is 22.7 Å². The lowest BCUT2D eigenvalue weighted by atomic mass is 10.1. The van der Waals surface area contributed by atoms with Crippen molar-refractivity contribution >= 4 is 16.9 Å². The van der Waals surface area contributed by atoms with Gasteiger partial charge in [0.25, 0.3) is 5.91 Å². The van der Waals surface area contributed by atoms with Crippen LogP contribution in [0.3, 0.4) is 0 Å². The molecule has 0 saturated carbocycles. The zero-order valence-electron chi connectivity index (χ0n) is 14.2. The quantitative estimate of drug-likeness (QED) is 0.722. The topological polar surface area (TPSA) is 69.0 Å². The second-order valence-electron chi connectivity index (χ2n) is 5.98. The van der Waals surface area contributed by atoms with Crippen LogP contribution in [0.1, 0.15) is 23.0 Å². The van der Waals surface area contributed by atoms with Gasteiger partial charge in [0.05, 0.1) is 5.39 Å². The van der Waals surface area contributed by atoms with Crippen LogP contribution in [0.5, 0.6) is 11.5 Å². The predicted molar refractivity (Wildman–Crippen MR) is 95.5 cm³/mol. The van der Waals surface area contributed by atoms with Gasteiger partial charge in [-0.15, -0.1) is 0 Å². The Labute approximate surface area is 149 Å². The highest BCUT2D eigenvalue weighted by atomic mass is 16.7. The second kappa shape index (κ2) is 6.55. The standard InChI is InChI=1S/C20H17NO5/c1-2-21(11-13-7-8-17-18(9-13)25-12-24-17)20(23)19-10-15(22)14-5-3-4-6-16(14)26-19/h3-10H,2,11-12H2,1H3. The Morgan fingerprint density at radius 3 is 2.73 bits per heavy atom. The van der Waals surface area contributed by atoms with Gasteiger partial charge in [0.2, 0.25) is 6.79 Å². The molecule has 132 valence electrons.